The number of ether oxygens (including phenoxy) is 1. The van der Waals surface area contributed by atoms with Crippen LogP contribution in [0.15, 0.2) is 36.4 Å². The first-order valence-corrected chi connectivity index (χ1v) is 6.93. The molecule has 0 saturated heterocycles. The van der Waals surface area contributed by atoms with E-state index in [0.29, 0.717) is 23.7 Å². The van der Waals surface area contributed by atoms with Gasteiger partial charge in [-0.2, -0.15) is 0 Å². The van der Waals surface area contributed by atoms with Gasteiger partial charge in [0.2, 0.25) is 0 Å². The van der Waals surface area contributed by atoms with Crippen LogP contribution in [0, 0.1) is 6.92 Å². The molecule has 2 N–H and O–H groups in total. The van der Waals surface area contributed by atoms with E-state index in [1.54, 1.807) is 18.2 Å². The van der Waals surface area contributed by atoms with Gasteiger partial charge in [-0.15, -0.1) is 0 Å². The second-order valence-corrected chi connectivity index (χ2v) is 4.91. The topological polar surface area (TPSA) is 41.5 Å². The molecule has 0 unspecified atom stereocenters. The van der Waals surface area contributed by atoms with Crippen LogP contribution in [0.5, 0.6) is 11.5 Å². The summed E-state index contributed by atoms with van der Waals surface area (Å²) in [6.45, 7) is 5.10. The van der Waals surface area contributed by atoms with Crippen molar-refractivity contribution >= 4 is 17.3 Å². The van der Waals surface area contributed by atoms with Crippen molar-refractivity contribution in [3.05, 3.63) is 52.5 Å². The number of phenols is 1. The lowest BCUT2D eigenvalue weighted by atomic mass is 10.1. The second kappa shape index (κ2) is 6.53. The number of aryl methyl sites for hydroxylation is 1. The van der Waals surface area contributed by atoms with Crippen LogP contribution < -0.4 is 10.1 Å². The number of aromatic hydroxyl groups is 1. The maximum absolute atomic E-state index is 9.81. The summed E-state index contributed by atoms with van der Waals surface area (Å²) in [6.07, 6.45) is 0. The predicted molar refractivity (Wildman–Crippen MR) is 82.8 cm³/mol. The SMILES string of the molecule is CCOc1ccc(NCc2c(O)cccc2Cl)c(C)c1. The van der Waals surface area contributed by atoms with Gasteiger partial charge in [0, 0.05) is 22.8 Å². The van der Waals surface area contributed by atoms with Gasteiger partial charge >= 0.3 is 0 Å². The molecule has 0 bridgehead atoms. The highest BCUT2D eigenvalue weighted by atomic mass is 35.5. The molecule has 20 heavy (non-hydrogen) atoms. The van der Waals surface area contributed by atoms with Gasteiger partial charge in [0.05, 0.1) is 6.61 Å². The summed E-state index contributed by atoms with van der Waals surface area (Å²) in [5, 5.41) is 13.6. The quantitative estimate of drug-likeness (QED) is 0.860. The normalized spacial score (nSPS) is 10.3. The molecule has 0 radical (unpaired) electrons. The monoisotopic (exact) mass is 291 g/mol. The average Bonchev–Trinajstić information content (AvgIpc) is 2.40. The van der Waals surface area contributed by atoms with Crippen LogP contribution in [0.3, 0.4) is 0 Å². The van der Waals surface area contributed by atoms with Crippen molar-refractivity contribution < 1.29 is 9.84 Å². The van der Waals surface area contributed by atoms with Gasteiger partial charge in [0.15, 0.2) is 0 Å². The van der Waals surface area contributed by atoms with Crippen molar-refractivity contribution in [3.63, 3.8) is 0 Å². The minimum Gasteiger partial charge on any atom is -0.508 e. The van der Waals surface area contributed by atoms with E-state index in [9.17, 15) is 5.11 Å². The largest absolute Gasteiger partial charge is 0.508 e. The molecule has 0 saturated carbocycles. The molecular weight excluding hydrogens is 274 g/mol. The third-order valence-electron chi connectivity index (χ3n) is 3.06. The number of halogens is 1. The van der Waals surface area contributed by atoms with Gasteiger partial charge in [-0.1, -0.05) is 17.7 Å². The highest BCUT2D eigenvalue weighted by Gasteiger charge is 2.07. The first-order chi connectivity index (χ1) is 9.61. The molecule has 0 fully saturated rings. The fourth-order valence-electron chi connectivity index (χ4n) is 2.00. The molecule has 0 amide bonds. The number of nitrogens with one attached hydrogen (secondary N) is 1. The molecule has 0 aliphatic rings. The number of hydrogen-bond donors (Lipinski definition) is 2. The zero-order valence-electron chi connectivity index (χ0n) is 11.6. The Labute approximate surface area is 124 Å². The van der Waals surface area contributed by atoms with E-state index < -0.39 is 0 Å². The van der Waals surface area contributed by atoms with Gasteiger partial charge in [-0.05, 0) is 49.7 Å². The number of anilines is 1. The van der Waals surface area contributed by atoms with Crippen LogP contribution in [0.4, 0.5) is 5.69 Å². The molecule has 3 nitrogen and oxygen atoms in total. The van der Waals surface area contributed by atoms with Gasteiger partial charge in [0.25, 0.3) is 0 Å². The maximum Gasteiger partial charge on any atom is 0.122 e. The van der Waals surface area contributed by atoms with Gasteiger partial charge < -0.3 is 15.2 Å². The molecule has 4 heteroatoms. The number of hydrogen-bond acceptors (Lipinski definition) is 3. The zero-order valence-corrected chi connectivity index (χ0v) is 12.4. The minimum absolute atomic E-state index is 0.202. The number of phenolic OH excluding ortho intramolecular Hbond substituents is 1. The van der Waals surface area contributed by atoms with Crippen LogP contribution in [-0.4, -0.2) is 11.7 Å². The van der Waals surface area contributed by atoms with Gasteiger partial charge in [-0.3, -0.25) is 0 Å². The maximum atomic E-state index is 9.81. The van der Waals surface area contributed by atoms with Crippen LogP contribution >= 0.6 is 11.6 Å². The molecule has 0 heterocycles. The highest BCUT2D eigenvalue weighted by Crippen LogP contribution is 2.27. The number of benzene rings is 2. The summed E-state index contributed by atoms with van der Waals surface area (Å²) in [4.78, 5) is 0. The smallest absolute Gasteiger partial charge is 0.122 e. The van der Waals surface area contributed by atoms with Crippen molar-refractivity contribution in [3.8, 4) is 11.5 Å². The third-order valence-corrected chi connectivity index (χ3v) is 3.41. The summed E-state index contributed by atoms with van der Waals surface area (Å²) < 4.78 is 5.45. The summed E-state index contributed by atoms with van der Waals surface area (Å²) in [5.74, 6) is 1.06. The summed E-state index contributed by atoms with van der Waals surface area (Å²) in [6, 6.07) is 11.0. The fraction of sp³-hybridized carbons (Fsp3) is 0.250. The molecule has 0 aliphatic heterocycles. The van der Waals surface area contributed by atoms with Gasteiger partial charge in [0.1, 0.15) is 11.5 Å². The lowest BCUT2D eigenvalue weighted by Gasteiger charge is -2.13. The molecule has 0 aliphatic carbocycles. The molecule has 0 aromatic heterocycles. The van der Waals surface area contributed by atoms with Crippen LogP contribution in [0.1, 0.15) is 18.1 Å². The van der Waals surface area contributed by atoms with E-state index in [4.69, 9.17) is 16.3 Å². The Morgan fingerprint density at radius 3 is 2.70 bits per heavy atom. The van der Waals surface area contributed by atoms with E-state index in [-0.39, 0.29) is 5.75 Å². The minimum atomic E-state index is 0.202. The average molecular weight is 292 g/mol. The second-order valence-electron chi connectivity index (χ2n) is 4.50. The first-order valence-electron chi connectivity index (χ1n) is 6.55. The highest BCUT2D eigenvalue weighted by molar-refractivity contribution is 6.31. The Morgan fingerprint density at radius 1 is 1.25 bits per heavy atom. The van der Waals surface area contributed by atoms with E-state index in [1.807, 2.05) is 32.0 Å². The molecule has 106 valence electrons. The van der Waals surface area contributed by atoms with Crippen LogP contribution in [0.25, 0.3) is 0 Å². The van der Waals surface area contributed by atoms with Crippen LogP contribution in [0.2, 0.25) is 5.02 Å². The Morgan fingerprint density at radius 2 is 2.05 bits per heavy atom. The van der Waals surface area contributed by atoms with E-state index in [2.05, 4.69) is 5.32 Å². The Balaban J connectivity index is 2.11. The van der Waals surface area contributed by atoms with Crippen molar-refractivity contribution in [2.24, 2.45) is 0 Å². The lowest BCUT2D eigenvalue weighted by Crippen LogP contribution is -2.02. The molecule has 2 aromatic rings. The van der Waals surface area contributed by atoms with Crippen molar-refractivity contribution in [1.82, 2.24) is 0 Å². The molecule has 0 atom stereocenters. The Hall–Kier alpha value is -1.87. The molecule has 2 rings (SSSR count). The van der Waals surface area contributed by atoms with E-state index in [0.717, 1.165) is 17.0 Å². The molecule has 2 aromatic carbocycles. The predicted octanol–water partition coefficient (Wildman–Crippen LogP) is 4.36. The van der Waals surface area contributed by atoms with Crippen molar-refractivity contribution in [2.75, 3.05) is 11.9 Å². The molecule has 0 spiro atoms. The lowest BCUT2D eigenvalue weighted by molar-refractivity contribution is 0.340. The van der Waals surface area contributed by atoms with Gasteiger partial charge in [-0.25, -0.2) is 0 Å². The fourth-order valence-corrected chi connectivity index (χ4v) is 2.23. The van der Waals surface area contributed by atoms with E-state index >= 15 is 0 Å². The van der Waals surface area contributed by atoms with Crippen molar-refractivity contribution in [1.29, 1.82) is 0 Å². The van der Waals surface area contributed by atoms with E-state index in [1.165, 1.54) is 0 Å². The van der Waals surface area contributed by atoms with Crippen LogP contribution in [-0.2, 0) is 6.54 Å². The zero-order chi connectivity index (χ0) is 14.5. The van der Waals surface area contributed by atoms with Crippen molar-refractivity contribution in [2.45, 2.75) is 20.4 Å². The summed E-state index contributed by atoms with van der Waals surface area (Å²) >= 11 is 6.08. The summed E-state index contributed by atoms with van der Waals surface area (Å²) in [7, 11) is 0. The third kappa shape index (κ3) is 3.36. The summed E-state index contributed by atoms with van der Waals surface area (Å²) in [5.41, 5.74) is 2.78. The first kappa shape index (κ1) is 14.5. The Bertz CT molecular complexity index is 579. The molecular formula is C16H18ClNO2. The number of rotatable bonds is 5. The standard InChI is InChI=1S/C16H18ClNO2/c1-3-20-12-7-8-15(11(2)9-12)18-10-13-14(17)5-4-6-16(13)19/h4-9,18-19H,3,10H2,1-2H3. The Kier molecular flexibility index (Phi) is 4.74.